The van der Waals surface area contributed by atoms with Gasteiger partial charge in [-0.05, 0) is 12.8 Å². The van der Waals surface area contributed by atoms with Gasteiger partial charge in [0.25, 0.3) is 0 Å². The lowest BCUT2D eigenvalue weighted by atomic mass is 9.84. The van der Waals surface area contributed by atoms with E-state index in [1.807, 2.05) is 13.8 Å². The van der Waals surface area contributed by atoms with Crippen LogP contribution in [0.15, 0.2) is 0 Å². The summed E-state index contributed by atoms with van der Waals surface area (Å²) in [5.41, 5.74) is -0.119. The van der Waals surface area contributed by atoms with Crippen molar-refractivity contribution in [1.82, 2.24) is 9.36 Å². The molecule has 1 aromatic rings. The van der Waals surface area contributed by atoms with Gasteiger partial charge in [0.05, 0.1) is 0 Å². The molecule has 8 heteroatoms. The van der Waals surface area contributed by atoms with Crippen molar-refractivity contribution in [3.8, 4) is 0 Å². The average Bonchev–Trinajstić information content (AvgIpc) is 2.80. The number of hydrogen-bond donors (Lipinski definition) is 1. The van der Waals surface area contributed by atoms with E-state index in [-0.39, 0.29) is 10.5 Å². The number of anilines is 1. The van der Waals surface area contributed by atoms with Gasteiger partial charge in [0.2, 0.25) is 11.0 Å². The SMILES string of the molecule is CCC(CC)(CCl)CNc1nc(C(F)(F)F)ns1. The van der Waals surface area contributed by atoms with Crippen LogP contribution in [0.3, 0.4) is 0 Å². The largest absolute Gasteiger partial charge is 0.452 e. The molecular formula is C10H15ClF3N3S. The van der Waals surface area contributed by atoms with Crippen LogP contribution in [0.1, 0.15) is 32.5 Å². The Morgan fingerprint density at radius 3 is 2.28 bits per heavy atom. The summed E-state index contributed by atoms with van der Waals surface area (Å²) in [5.74, 6) is -0.641. The van der Waals surface area contributed by atoms with E-state index in [9.17, 15) is 13.2 Å². The fourth-order valence-corrected chi connectivity index (χ4v) is 2.46. The predicted octanol–water partition coefficient (Wildman–Crippen LogP) is 4.01. The van der Waals surface area contributed by atoms with Crippen LogP contribution in [-0.2, 0) is 6.18 Å². The monoisotopic (exact) mass is 301 g/mol. The van der Waals surface area contributed by atoms with E-state index in [1.54, 1.807) is 0 Å². The molecule has 18 heavy (non-hydrogen) atoms. The minimum atomic E-state index is -4.49. The Bertz CT molecular complexity index is 368. The lowest BCUT2D eigenvalue weighted by Gasteiger charge is -2.29. The summed E-state index contributed by atoms with van der Waals surface area (Å²) in [7, 11) is 0. The van der Waals surface area contributed by atoms with Crippen LogP contribution in [0.5, 0.6) is 0 Å². The molecule has 0 atom stereocenters. The number of nitrogens with zero attached hydrogens (tertiary/aromatic N) is 2. The number of halogens is 4. The van der Waals surface area contributed by atoms with Crippen molar-refractivity contribution in [1.29, 1.82) is 0 Å². The van der Waals surface area contributed by atoms with Crippen molar-refractivity contribution in [3.63, 3.8) is 0 Å². The second-order valence-corrected chi connectivity index (χ2v) is 5.13. The minimum Gasteiger partial charge on any atom is -0.360 e. The Hall–Kier alpha value is -0.560. The summed E-state index contributed by atoms with van der Waals surface area (Å²) in [4.78, 5) is 3.42. The molecule has 1 aromatic heterocycles. The molecule has 0 spiro atoms. The molecule has 0 aliphatic heterocycles. The van der Waals surface area contributed by atoms with Gasteiger partial charge in [0, 0.05) is 29.4 Å². The van der Waals surface area contributed by atoms with Gasteiger partial charge in [-0.15, -0.1) is 11.6 Å². The van der Waals surface area contributed by atoms with E-state index in [2.05, 4.69) is 14.7 Å². The molecule has 0 aliphatic carbocycles. The first-order valence-corrected chi connectivity index (χ1v) is 6.88. The van der Waals surface area contributed by atoms with Crippen molar-refractivity contribution >= 4 is 28.3 Å². The normalized spacial score (nSPS) is 12.8. The predicted molar refractivity (Wildman–Crippen MR) is 67.1 cm³/mol. The molecule has 0 saturated heterocycles. The molecule has 0 fully saturated rings. The molecule has 1 N–H and O–H groups in total. The van der Waals surface area contributed by atoms with Crippen LogP contribution in [0, 0.1) is 5.41 Å². The number of hydrogen-bond acceptors (Lipinski definition) is 4. The van der Waals surface area contributed by atoms with Crippen molar-refractivity contribution in [2.24, 2.45) is 5.41 Å². The first-order valence-electron chi connectivity index (χ1n) is 5.57. The maximum absolute atomic E-state index is 12.3. The maximum atomic E-state index is 12.3. The Labute approximate surface area is 113 Å². The zero-order chi connectivity index (χ0) is 13.8. The summed E-state index contributed by atoms with van der Waals surface area (Å²) in [5, 5.41) is 3.07. The number of nitrogens with one attached hydrogen (secondary N) is 1. The average molecular weight is 302 g/mol. The van der Waals surface area contributed by atoms with E-state index in [0.717, 1.165) is 12.8 Å². The van der Waals surface area contributed by atoms with Crippen molar-refractivity contribution < 1.29 is 13.2 Å². The van der Waals surface area contributed by atoms with E-state index in [4.69, 9.17) is 11.6 Å². The molecule has 1 heterocycles. The summed E-state index contributed by atoms with van der Waals surface area (Å²) in [6.45, 7) is 4.51. The smallest absolute Gasteiger partial charge is 0.360 e. The molecule has 3 nitrogen and oxygen atoms in total. The standard InChI is InChI=1S/C10H15ClF3N3S/c1-3-9(4-2,5-11)6-15-8-16-7(17-18-8)10(12,13)14/h3-6H2,1-2H3,(H,15,16,17). The molecule has 0 bridgehead atoms. The summed E-state index contributed by atoms with van der Waals surface area (Å²) < 4.78 is 40.2. The topological polar surface area (TPSA) is 37.8 Å². The molecule has 0 aliphatic rings. The van der Waals surface area contributed by atoms with Gasteiger partial charge in [-0.2, -0.15) is 22.5 Å². The van der Waals surface area contributed by atoms with Crippen LogP contribution < -0.4 is 5.32 Å². The third-order valence-corrected chi connectivity index (χ3v) is 4.32. The minimum absolute atomic E-state index is 0.119. The summed E-state index contributed by atoms with van der Waals surface area (Å²) in [6.07, 6.45) is -2.79. The second-order valence-electron chi connectivity index (χ2n) is 4.12. The van der Waals surface area contributed by atoms with Gasteiger partial charge in [0.15, 0.2) is 0 Å². The first kappa shape index (κ1) is 15.5. The van der Waals surface area contributed by atoms with E-state index < -0.39 is 12.0 Å². The van der Waals surface area contributed by atoms with Crippen molar-refractivity contribution in [3.05, 3.63) is 5.82 Å². The van der Waals surface area contributed by atoms with Gasteiger partial charge in [0.1, 0.15) is 0 Å². The lowest BCUT2D eigenvalue weighted by molar-refractivity contribution is -0.144. The molecule has 0 amide bonds. The maximum Gasteiger partial charge on any atom is 0.452 e. The van der Waals surface area contributed by atoms with Crippen molar-refractivity contribution in [2.45, 2.75) is 32.9 Å². The van der Waals surface area contributed by atoms with Crippen LogP contribution in [0.4, 0.5) is 18.3 Å². The highest BCUT2D eigenvalue weighted by Gasteiger charge is 2.36. The first-order chi connectivity index (χ1) is 8.37. The molecule has 0 unspecified atom stereocenters. The quantitative estimate of drug-likeness (QED) is 0.807. The van der Waals surface area contributed by atoms with E-state index >= 15 is 0 Å². The Kier molecular flexibility index (Phi) is 5.21. The van der Waals surface area contributed by atoms with Crippen LogP contribution in [-0.4, -0.2) is 21.8 Å². The third-order valence-electron chi connectivity index (χ3n) is 3.08. The van der Waals surface area contributed by atoms with Gasteiger partial charge in [-0.25, -0.2) is 0 Å². The lowest BCUT2D eigenvalue weighted by Crippen LogP contribution is -2.30. The van der Waals surface area contributed by atoms with Gasteiger partial charge < -0.3 is 5.32 Å². The number of alkyl halides is 4. The van der Waals surface area contributed by atoms with Gasteiger partial charge in [-0.3, -0.25) is 0 Å². The molecule has 0 aromatic carbocycles. The molecule has 0 saturated carbocycles. The number of rotatable bonds is 6. The summed E-state index contributed by atoms with van der Waals surface area (Å²) >= 11 is 6.63. The molecular weight excluding hydrogens is 287 g/mol. The van der Waals surface area contributed by atoms with Gasteiger partial charge in [-0.1, -0.05) is 13.8 Å². The van der Waals surface area contributed by atoms with Crippen LogP contribution in [0.25, 0.3) is 0 Å². The highest BCUT2D eigenvalue weighted by atomic mass is 35.5. The second kappa shape index (κ2) is 6.06. The van der Waals surface area contributed by atoms with E-state index in [0.29, 0.717) is 24.0 Å². The summed E-state index contributed by atoms with van der Waals surface area (Å²) in [6, 6.07) is 0. The Morgan fingerprint density at radius 1 is 1.28 bits per heavy atom. The third kappa shape index (κ3) is 3.71. The van der Waals surface area contributed by atoms with Gasteiger partial charge >= 0.3 is 6.18 Å². The Morgan fingerprint density at radius 2 is 1.89 bits per heavy atom. The van der Waals surface area contributed by atoms with Crippen LogP contribution in [0.2, 0.25) is 0 Å². The van der Waals surface area contributed by atoms with Crippen molar-refractivity contribution in [2.75, 3.05) is 17.7 Å². The highest BCUT2D eigenvalue weighted by molar-refractivity contribution is 7.09. The highest BCUT2D eigenvalue weighted by Crippen LogP contribution is 2.31. The fourth-order valence-electron chi connectivity index (χ4n) is 1.41. The van der Waals surface area contributed by atoms with Crippen LogP contribution >= 0.6 is 23.1 Å². The molecule has 0 radical (unpaired) electrons. The zero-order valence-electron chi connectivity index (χ0n) is 10.1. The molecule has 1 rings (SSSR count). The fraction of sp³-hybridized carbons (Fsp3) is 0.800. The number of aromatic nitrogens is 2. The molecule has 104 valence electrons. The van der Waals surface area contributed by atoms with E-state index in [1.165, 1.54) is 0 Å². The Balaban J connectivity index is 2.66. The zero-order valence-corrected chi connectivity index (χ0v) is 11.7.